The van der Waals surface area contributed by atoms with Crippen molar-refractivity contribution in [1.82, 2.24) is 4.90 Å². The maximum atomic E-state index is 12.4. The third-order valence-electron chi connectivity index (χ3n) is 4.56. The summed E-state index contributed by atoms with van der Waals surface area (Å²) in [5, 5.41) is 2.81. The van der Waals surface area contributed by atoms with Crippen LogP contribution in [0.15, 0.2) is 34.8 Å². The predicted molar refractivity (Wildman–Crippen MR) is 120 cm³/mol. The second-order valence-corrected chi connectivity index (χ2v) is 7.63. The van der Waals surface area contributed by atoms with Crippen LogP contribution in [-0.2, 0) is 14.3 Å². The minimum Gasteiger partial charge on any atom is -0.495 e. The fraction of sp³-hybridized carbons (Fsp3) is 0.318. The molecule has 0 aliphatic heterocycles. The molecule has 0 fully saturated rings. The highest BCUT2D eigenvalue weighted by atomic mass is 79.9. The Morgan fingerprint density at radius 1 is 1.03 bits per heavy atom. The number of likely N-dealkylation sites (N-methyl/N-ethyl adjacent to an activating group) is 1. The van der Waals surface area contributed by atoms with Gasteiger partial charge in [-0.25, -0.2) is 4.79 Å². The van der Waals surface area contributed by atoms with Crippen molar-refractivity contribution in [3.05, 3.63) is 51.5 Å². The zero-order chi connectivity index (χ0) is 23.1. The summed E-state index contributed by atoms with van der Waals surface area (Å²) in [5.74, 6) is -0.801. The lowest BCUT2D eigenvalue weighted by atomic mass is 10.1. The van der Waals surface area contributed by atoms with Crippen LogP contribution in [0.3, 0.4) is 0 Å². The second kappa shape index (κ2) is 10.8. The number of halogens is 1. The van der Waals surface area contributed by atoms with E-state index in [1.165, 1.54) is 38.3 Å². The van der Waals surface area contributed by atoms with Gasteiger partial charge in [0.2, 0.25) is 5.91 Å². The fourth-order valence-corrected chi connectivity index (χ4v) is 3.35. The Bertz CT molecular complexity index is 947. The van der Waals surface area contributed by atoms with Gasteiger partial charge in [0.1, 0.15) is 16.0 Å². The van der Waals surface area contributed by atoms with E-state index in [9.17, 15) is 14.4 Å². The Hall–Kier alpha value is -3.07. The van der Waals surface area contributed by atoms with Crippen molar-refractivity contribution in [3.63, 3.8) is 0 Å². The number of aryl methyl sites for hydroxylation is 2. The Labute approximate surface area is 189 Å². The number of nitrogens with zero attached hydrogens (tertiary/aromatic N) is 1. The molecule has 0 bridgehead atoms. The summed E-state index contributed by atoms with van der Waals surface area (Å²) in [5.41, 5.74) is 2.74. The van der Waals surface area contributed by atoms with Gasteiger partial charge in [-0.2, -0.15) is 0 Å². The van der Waals surface area contributed by atoms with Crippen LogP contribution < -0.4 is 14.8 Å². The van der Waals surface area contributed by atoms with Crippen molar-refractivity contribution in [2.45, 2.75) is 13.8 Å². The Kier molecular flexibility index (Phi) is 8.44. The van der Waals surface area contributed by atoms with Crippen LogP contribution in [0.5, 0.6) is 11.5 Å². The topological polar surface area (TPSA) is 94.2 Å². The second-order valence-electron chi connectivity index (χ2n) is 6.84. The Morgan fingerprint density at radius 3 is 2.10 bits per heavy atom. The Balaban J connectivity index is 1.94. The van der Waals surface area contributed by atoms with E-state index in [1.807, 2.05) is 32.0 Å². The molecule has 0 aromatic heterocycles. The smallest absolute Gasteiger partial charge is 0.338 e. The minimum absolute atomic E-state index is 0.167. The van der Waals surface area contributed by atoms with E-state index >= 15 is 0 Å². The SMILES string of the molecule is COc1cc(C(=O)OCC(=O)N(C)CC(=O)Nc2c(C)cccc2C)cc(OC)c1Br. The number of para-hydroxylation sites is 1. The molecule has 0 atom stereocenters. The minimum atomic E-state index is -0.717. The van der Waals surface area contributed by atoms with Crippen molar-refractivity contribution in [1.29, 1.82) is 0 Å². The van der Waals surface area contributed by atoms with Crippen LogP contribution in [0.2, 0.25) is 0 Å². The zero-order valence-corrected chi connectivity index (χ0v) is 19.7. The number of carbonyl (C=O) groups excluding carboxylic acids is 3. The summed E-state index contributed by atoms with van der Waals surface area (Å²) in [4.78, 5) is 38.2. The van der Waals surface area contributed by atoms with Crippen LogP contribution in [0.25, 0.3) is 0 Å². The number of hydrogen-bond donors (Lipinski definition) is 1. The molecule has 2 aromatic carbocycles. The maximum absolute atomic E-state index is 12.4. The number of carbonyl (C=O) groups is 3. The first-order valence-corrected chi connectivity index (χ1v) is 10.2. The molecule has 8 nitrogen and oxygen atoms in total. The third-order valence-corrected chi connectivity index (χ3v) is 5.34. The van der Waals surface area contributed by atoms with Crippen LogP contribution in [-0.4, -0.2) is 57.1 Å². The van der Waals surface area contributed by atoms with Crippen molar-refractivity contribution >= 4 is 39.4 Å². The molecule has 0 unspecified atom stereocenters. The lowest BCUT2D eigenvalue weighted by Gasteiger charge is -2.18. The molecule has 9 heteroatoms. The molecule has 0 radical (unpaired) electrons. The lowest BCUT2D eigenvalue weighted by Crippen LogP contribution is -2.37. The first-order chi connectivity index (χ1) is 14.7. The van der Waals surface area contributed by atoms with E-state index in [-0.39, 0.29) is 18.0 Å². The van der Waals surface area contributed by atoms with Gasteiger partial charge >= 0.3 is 5.97 Å². The summed E-state index contributed by atoms with van der Waals surface area (Å²) >= 11 is 3.32. The van der Waals surface area contributed by atoms with Crippen LogP contribution in [0.4, 0.5) is 5.69 Å². The van der Waals surface area contributed by atoms with E-state index < -0.39 is 18.5 Å². The first-order valence-electron chi connectivity index (χ1n) is 9.36. The van der Waals surface area contributed by atoms with Gasteiger partial charge in [0.15, 0.2) is 6.61 Å². The summed E-state index contributed by atoms with van der Waals surface area (Å²) in [6.07, 6.45) is 0. The summed E-state index contributed by atoms with van der Waals surface area (Å²) in [6, 6.07) is 8.63. The van der Waals surface area contributed by atoms with Gasteiger partial charge in [-0.15, -0.1) is 0 Å². The standard InChI is InChI=1S/C22H25BrN2O6/c1-13-7-6-8-14(2)21(13)24-18(26)11-25(3)19(27)12-31-22(28)15-9-16(29-4)20(23)17(10-15)30-5/h6-10H,11-12H2,1-5H3,(H,24,26). The maximum Gasteiger partial charge on any atom is 0.338 e. The zero-order valence-electron chi connectivity index (χ0n) is 18.1. The Morgan fingerprint density at radius 2 is 1.58 bits per heavy atom. The van der Waals surface area contributed by atoms with E-state index in [0.717, 1.165) is 16.8 Å². The van der Waals surface area contributed by atoms with Crippen molar-refractivity contribution in [2.75, 3.05) is 39.7 Å². The van der Waals surface area contributed by atoms with E-state index in [1.54, 1.807) is 0 Å². The molecule has 0 saturated carbocycles. The number of anilines is 1. The van der Waals surface area contributed by atoms with Gasteiger partial charge in [-0.05, 0) is 53.0 Å². The van der Waals surface area contributed by atoms with Crippen LogP contribution >= 0.6 is 15.9 Å². The molecule has 0 heterocycles. The number of esters is 1. The normalized spacial score (nSPS) is 10.3. The lowest BCUT2D eigenvalue weighted by molar-refractivity contribution is -0.136. The summed E-state index contributed by atoms with van der Waals surface area (Å²) in [6.45, 7) is 3.10. The molecule has 2 rings (SSSR count). The van der Waals surface area contributed by atoms with Crippen molar-refractivity contribution in [3.8, 4) is 11.5 Å². The first kappa shape index (κ1) is 24.2. The average molecular weight is 493 g/mol. The summed E-state index contributed by atoms with van der Waals surface area (Å²) in [7, 11) is 4.37. The monoisotopic (exact) mass is 492 g/mol. The molecule has 0 aliphatic carbocycles. The summed E-state index contributed by atoms with van der Waals surface area (Å²) < 4.78 is 16.0. The molecule has 0 aliphatic rings. The van der Waals surface area contributed by atoms with Crippen LogP contribution in [0.1, 0.15) is 21.5 Å². The number of amides is 2. The van der Waals surface area contributed by atoms with Crippen molar-refractivity contribution in [2.24, 2.45) is 0 Å². The molecule has 166 valence electrons. The predicted octanol–water partition coefficient (Wildman–Crippen LogP) is 3.34. The molecule has 2 aromatic rings. The van der Waals surface area contributed by atoms with Gasteiger partial charge in [0.05, 0.1) is 26.3 Å². The quantitative estimate of drug-likeness (QED) is 0.567. The number of methoxy groups -OCH3 is 2. The van der Waals surface area contributed by atoms with Gasteiger partial charge in [0, 0.05) is 12.7 Å². The number of ether oxygens (including phenoxy) is 3. The van der Waals surface area contributed by atoms with Crippen molar-refractivity contribution < 1.29 is 28.6 Å². The number of benzene rings is 2. The van der Waals surface area contributed by atoms with Gasteiger partial charge in [-0.3, -0.25) is 9.59 Å². The van der Waals surface area contributed by atoms with E-state index in [0.29, 0.717) is 16.0 Å². The highest BCUT2D eigenvalue weighted by molar-refractivity contribution is 9.10. The van der Waals surface area contributed by atoms with Crippen LogP contribution in [0, 0.1) is 13.8 Å². The molecule has 0 spiro atoms. The fourth-order valence-electron chi connectivity index (χ4n) is 2.80. The number of hydrogen-bond acceptors (Lipinski definition) is 6. The number of rotatable bonds is 8. The molecule has 1 N–H and O–H groups in total. The van der Waals surface area contributed by atoms with Gasteiger partial charge < -0.3 is 24.4 Å². The molecular formula is C22H25BrN2O6. The average Bonchev–Trinajstić information content (AvgIpc) is 2.74. The molecule has 2 amide bonds. The third kappa shape index (κ3) is 6.21. The highest BCUT2D eigenvalue weighted by Gasteiger charge is 2.19. The van der Waals surface area contributed by atoms with Gasteiger partial charge in [0.25, 0.3) is 5.91 Å². The molecule has 0 saturated heterocycles. The molecule has 31 heavy (non-hydrogen) atoms. The largest absolute Gasteiger partial charge is 0.495 e. The highest BCUT2D eigenvalue weighted by Crippen LogP contribution is 2.35. The van der Waals surface area contributed by atoms with E-state index in [4.69, 9.17) is 14.2 Å². The van der Waals surface area contributed by atoms with Gasteiger partial charge in [-0.1, -0.05) is 18.2 Å². The number of nitrogens with one attached hydrogen (secondary N) is 1. The molecular weight excluding hydrogens is 468 g/mol. The van der Waals surface area contributed by atoms with E-state index in [2.05, 4.69) is 21.2 Å².